The van der Waals surface area contributed by atoms with Crippen molar-refractivity contribution in [1.82, 2.24) is 4.90 Å². The van der Waals surface area contributed by atoms with Gasteiger partial charge in [-0.3, -0.25) is 4.90 Å². The lowest BCUT2D eigenvalue weighted by atomic mass is 10.1. The number of morpholine rings is 1. The SMILES string of the molecule is CCc1cc(OCCN2C[C@@H](C)O[C@@H](C)C2)ccc1Cl. The second-order valence-electron chi connectivity index (χ2n) is 5.47. The summed E-state index contributed by atoms with van der Waals surface area (Å²) in [5.41, 5.74) is 1.14. The molecule has 1 saturated heterocycles. The lowest BCUT2D eigenvalue weighted by Crippen LogP contribution is -2.46. The summed E-state index contributed by atoms with van der Waals surface area (Å²) in [5, 5.41) is 0.815. The summed E-state index contributed by atoms with van der Waals surface area (Å²) in [5.74, 6) is 0.903. The van der Waals surface area contributed by atoms with Gasteiger partial charge in [-0.05, 0) is 44.0 Å². The largest absolute Gasteiger partial charge is 0.492 e. The number of halogens is 1. The Balaban J connectivity index is 1.81. The summed E-state index contributed by atoms with van der Waals surface area (Å²) in [4.78, 5) is 2.40. The second kappa shape index (κ2) is 7.30. The van der Waals surface area contributed by atoms with Crippen LogP contribution in [0.15, 0.2) is 18.2 Å². The van der Waals surface area contributed by atoms with Crippen LogP contribution in [0.4, 0.5) is 0 Å². The molecule has 0 N–H and O–H groups in total. The molecule has 112 valence electrons. The second-order valence-corrected chi connectivity index (χ2v) is 5.88. The molecule has 0 bridgehead atoms. The topological polar surface area (TPSA) is 21.7 Å². The number of hydrogen-bond donors (Lipinski definition) is 0. The van der Waals surface area contributed by atoms with Gasteiger partial charge in [-0.15, -0.1) is 0 Å². The molecule has 0 radical (unpaired) electrons. The summed E-state index contributed by atoms with van der Waals surface area (Å²) < 4.78 is 11.6. The van der Waals surface area contributed by atoms with Gasteiger partial charge in [0, 0.05) is 24.7 Å². The van der Waals surface area contributed by atoms with Crippen molar-refractivity contribution < 1.29 is 9.47 Å². The van der Waals surface area contributed by atoms with Crippen molar-refractivity contribution in [2.75, 3.05) is 26.2 Å². The first-order chi connectivity index (χ1) is 9.58. The lowest BCUT2D eigenvalue weighted by Gasteiger charge is -2.35. The van der Waals surface area contributed by atoms with E-state index < -0.39 is 0 Å². The molecule has 0 amide bonds. The zero-order chi connectivity index (χ0) is 14.5. The predicted octanol–water partition coefficient (Wildman–Crippen LogP) is 3.39. The number of benzene rings is 1. The maximum absolute atomic E-state index is 6.11. The van der Waals surface area contributed by atoms with E-state index in [1.807, 2.05) is 18.2 Å². The van der Waals surface area contributed by atoms with Crippen LogP contribution in [0.2, 0.25) is 5.02 Å². The lowest BCUT2D eigenvalue weighted by molar-refractivity contribution is -0.0699. The van der Waals surface area contributed by atoms with Crippen molar-refractivity contribution in [2.45, 2.75) is 39.4 Å². The Kier molecular flexibility index (Phi) is 5.70. The van der Waals surface area contributed by atoms with Crippen molar-refractivity contribution >= 4 is 11.6 Å². The Morgan fingerprint density at radius 2 is 2.00 bits per heavy atom. The van der Waals surface area contributed by atoms with Crippen LogP contribution in [0, 0.1) is 0 Å². The zero-order valence-corrected chi connectivity index (χ0v) is 13.3. The molecule has 2 atom stereocenters. The summed E-state index contributed by atoms with van der Waals surface area (Å²) in [7, 11) is 0. The van der Waals surface area contributed by atoms with Crippen LogP contribution >= 0.6 is 11.6 Å². The maximum Gasteiger partial charge on any atom is 0.119 e. The summed E-state index contributed by atoms with van der Waals surface area (Å²) in [6.07, 6.45) is 1.54. The summed E-state index contributed by atoms with van der Waals surface area (Å²) in [6.45, 7) is 9.93. The molecule has 4 heteroatoms. The minimum absolute atomic E-state index is 0.306. The first-order valence-electron chi connectivity index (χ1n) is 7.37. The predicted molar refractivity (Wildman–Crippen MR) is 82.8 cm³/mol. The Labute approximate surface area is 126 Å². The molecule has 2 rings (SSSR count). The molecule has 1 aromatic carbocycles. The van der Waals surface area contributed by atoms with Crippen molar-refractivity contribution in [3.63, 3.8) is 0 Å². The third kappa shape index (κ3) is 4.37. The van der Waals surface area contributed by atoms with Gasteiger partial charge in [-0.2, -0.15) is 0 Å². The molecule has 0 spiro atoms. The van der Waals surface area contributed by atoms with Gasteiger partial charge in [-0.25, -0.2) is 0 Å². The van der Waals surface area contributed by atoms with Crippen molar-refractivity contribution in [1.29, 1.82) is 0 Å². The average Bonchev–Trinajstić information content (AvgIpc) is 2.39. The van der Waals surface area contributed by atoms with E-state index in [1.54, 1.807) is 0 Å². The number of hydrogen-bond acceptors (Lipinski definition) is 3. The number of nitrogens with zero attached hydrogens (tertiary/aromatic N) is 1. The molecule has 0 unspecified atom stereocenters. The third-order valence-corrected chi connectivity index (χ3v) is 3.94. The Bertz CT molecular complexity index is 428. The van der Waals surface area contributed by atoms with Gasteiger partial charge in [0.2, 0.25) is 0 Å². The molecule has 0 aliphatic carbocycles. The number of ether oxygens (including phenoxy) is 2. The van der Waals surface area contributed by atoms with Crippen molar-refractivity contribution in [3.8, 4) is 5.75 Å². The van der Waals surface area contributed by atoms with E-state index in [1.165, 1.54) is 0 Å². The minimum Gasteiger partial charge on any atom is -0.492 e. The van der Waals surface area contributed by atoms with Crippen LogP contribution in [-0.2, 0) is 11.2 Å². The normalized spacial score (nSPS) is 23.8. The van der Waals surface area contributed by atoms with Crippen LogP contribution in [0.25, 0.3) is 0 Å². The molecular formula is C16H24ClNO2. The van der Waals surface area contributed by atoms with Gasteiger partial charge < -0.3 is 9.47 Å². The molecule has 1 aliphatic heterocycles. The first-order valence-corrected chi connectivity index (χ1v) is 7.75. The van der Waals surface area contributed by atoms with E-state index in [9.17, 15) is 0 Å². The van der Waals surface area contributed by atoms with Crippen LogP contribution in [-0.4, -0.2) is 43.3 Å². The summed E-state index contributed by atoms with van der Waals surface area (Å²) >= 11 is 6.11. The van der Waals surface area contributed by atoms with E-state index in [0.29, 0.717) is 18.8 Å². The molecule has 1 fully saturated rings. The molecule has 0 saturated carbocycles. The highest BCUT2D eigenvalue weighted by Crippen LogP contribution is 2.22. The van der Waals surface area contributed by atoms with Crippen LogP contribution in [0.5, 0.6) is 5.75 Å². The van der Waals surface area contributed by atoms with E-state index in [4.69, 9.17) is 21.1 Å². The average molecular weight is 298 g/mol. The maximum atomic E-state index is 6.11. The highest BCUT2D eigenvalue weighted by Gasteiger charge is 2.21. The third-order valence-electron chi connectivity index (χ3n) is 3.57. The van der Waals surface area contributed by atoms with E-state index >= 15 is 0 Å². The first kappa shape index (κ1) is 15.6. The smallest absolute Gasteiger partial charge is 0.119 e. The fourth-order valence-corrected chi connectivity index (χ4v) is 2.92. The van der Waals surface area contributed by atoms with Crippen molar-refractivity contribution in [3.05, 3.63) is 28.8 Å². The zero-order valence-electron chi connectivity index (χ0n) is 12.6. The van der Waals surface area contributed by atoms with Crippen LogP contribution < -0.4 is 4.74 Å². The van der Waals surface area contributed by atoms with E-state index in [2.05, 4.69) is 25.7 Å². The van der Waals surface area contributed by atoms with E-state index in [0.717, 1.165) is 42.4 Å². The Morgan fingerprint density at radius 3 is 2.65 bits per heavy atom. The van der Waals surface area contributed by atoms with Gasteiger partial charge in [0.15, 0.2) is 0 Å². The standard InChI is InChI=1S/C16H24ClNO2/c1-4-14-9-15(5-6-16(14)17)19-8-7-18-10-12(2)20-13(3)11-18/h5-6,9,12-13H,4,7-8,10-11H2,1-3H3/t12-,13+. The summed E-state index contributed by atoms with van der Waals surface area (Å²) in [6, 6.07) is 5.88. The molecule has 20 heavy (non-hydrogen) atoms. The molecule has 0 aromatic heterocycles. The van der Waals surface area contributed by atoms with Gasteiger partial charge >= 0.3 is 0 Å². The fourth-order valence-electron chi connectivity index (χ4n) is 2.67. The van der Waals surface area contributed by atoms with Gasteiger partial charge in [0.05, 0.1) is 12.2 Å². The van der Waals surface area contributed by atoms with Gasteiger partial charge in [0.25, 0.3) is 0 Å². The molecule has 1 aliphatic rings. The molecular weight excluding hydrogens is 274 g/mol. The van der Waals surface area contributed by atoms with Crippen molar-refractivity contribution in [2.24, 2.45) is 0 Å². The van der Waals surface area contributed by atoms with Gasteiger partial charge in [-0.1, -0.05) is 18.5 Å². The molecule has 1 aromatic rings. The fraction of sp³-hybridized carbons (Fsp3) is 0.625. The minimum atomic E-state index is 0.306. The Morgan fingerprint density at radius 1 is 1.30 bits per heavy atom. The monoisotopic (exact) mass is 297 g/mol. The quantitative estimate of drug-likeness (QED) is 0.831. The van der Waals surface area contributed by atoms with Crippen LogP contribution in [0.1, 0.15) is 26.3 Å². The van der Waals surface area contributed by atoms with Gasteiger partial charge in [0.1, 0.15) is 12.4 Å². The highest BCUT2D eigenvalue weighted by atomic mass is 35.5. The Hall–Kier alpha value is -0.770. The van der Waals surface area contributed by atoms with Crippen LogP contribution in [0.3, 0.4) is 0 Å². The number of aryl methyl sites for hydroxylation is 1. The number of rotatable bonds is 5. The van der Waals surface area contributed by atoms with E-state index in [-0.39, 0.29) is 0 Å². The highest BCUT2D eigenvalue weighted by molar-refractivity contribution is 6.31. The molecule has 3 nitrogen and oxygen atoms in total. The molecule has 1 heterocycles.